The molecule has 134 valence electrons. The summed E-state index contributed by atoms with van der Waals surface area (Å²) < 4.78 is 15.7. The van der Waals surface area contributed by atoms with E-state index in [1.807, 2.05) is 25.1 Å². The van der Waals surface area contributed by atoms with Gasteiger partial charge in [-0.25, -0.2) is 14.1 Å². The molecule has 6 nitrogen and oxygen atoms in total. The van der Waals surface area contributed by atoms with Gasteiger partial charge in [0, 0.05) is 11.8 Å². The Labute approximate surface area is 151 Å². The Morgan fingerprint density at radius 3 is 2.88 bits per heavy atom. The highest BCUT2D eigenvalue weighted by Crippen LogP contribution is 2.24. The third-order valence-electron chi connectivity index (χ3n) is 4.07. The van der Waals surface area contributed by atoms with Gasteiger partial charge >= 0.3 is 0 Å². The lowest BCUT2D eigenvalue weighted by atomic mass is 10.1. The van der Waals surface area contributed by atoms with E-state index in [4.69, 9.17) is 0 Å². The van der Waals surface area contributed by atoms with Gasteiger partial charge in [0.25, 0.3) is 0 Å². The maximum absolute atomic E-state index is 14.1. The van der Waals surface area contributed by atoms with Crippen molar-refractivity contribution in [3.05, 3.63) is 59.3 Å². The molecule has 1 amide bonds. The van der Waals surface area contributed by atoms with Crippen molar-refractivity contribution >= 4 is 12.1 Å². The number of amides is 1. The van der Waals surface area contributed by atoms with Crippen LogP contribution in [0.5, 0.6) is 0 Å². The fraction of sp³-hybridized carbons (Fsp3) is 0.263. The summed E-state index contributed by atoms with van der Waals surface area (Å²) in [7, 11) is 0. The van der Waals surface area contributed by atoms with E-state index in [0.717, 1.165) is 12.0 Å². The zero-order valence-electron chi connectivity index (χ0n) is 14.7. The van der Waals surface area contributed by atoms with Gasteiger partial charge in [-0.05, 0) is 50.5 Å². The molecule has 0 spiro atoms. The minimum absolute atomic E-state index is 0.231. The predicted molar refractivity (Wildman–Crippen MR) is 97.3 cm³/mol. The van der Waals surface area contributed by atoms with Crippen LogP contribution < -0.4 is 5.32 Å². The summed E-state index contributed by atoms with van der Waals surface area (Å²) in [6.45, 7) is 3.98. The second kappa shape index (κ2) is 7.86. The van der Waals surface area contributed by atoms with E-state index in [9.17, 15) is 9.18 Å². The molecule has 0 saturated carbocycles. The summed E-state index contributed by atoms with van der Waals surface area (Å²) >= 11 is 0. The number of allylic oxidation sites excluding steroid dienone is 5. The molecule has 1 N–H and O–H groups in total. The summed E-state index contributed by atoms with van der Waals surface area (Å²) in [5, 5.41) is 7.14. The molecule has 0 atom stereocenters. The van der Waals surface area contributed by atoms with E-state index in [2.05, 4.69) is 20.4 Å². The van der Waals surface area contributed by atoms with E-state index in [1.165, 1.54) is 0 Å². The highest BCUT2D eigenvalue weighted by atomic mass is 19.1. The van der Waals surface area contributed by atoms with Crippen LogP contribution in [0.1, 0.15) is 31.2 Å². The maximum atomic E-state index is 14.1. The molecule has 2 aromatic heterocycles. The zero-order valence-corrected chi connectivity index (χ0v) is 14.7. The predicted octanol–water partition coefficient (Wildman–Crippen LogP) is 3.33. The van der Waals surface area contributed by atoms with Gasteiger partial charge in [0.1, 0.15) is 11.5 Å². The van der Waals surface area contributed by atoms with Crippen molar-refractivity contribution in [2.45, 2.75) is 33.2 Å². The Balaban J connectivity index is 2.04. The maximum Gasteiger partial charge on any atom is 0.211 e. The van der Waals surface area contributed by atoms with Gasteiger partial charge in [0.15, 0.2) is 11.6 Å². The van der Waals surface area contributed by atoms with Gasteiger partial charge in [-0.15, -0.1) is 5.10 Å². The number of rotatable bonds is 6. The van der Waals surface area contributed by atoms with Crippen molar-refractivity contribution in [3.63, 3.8) is 0 Å². The molecule has 0 radical (unpaired) electrons. The van der Waals surface area contributed by atoms with E-state index >= 15 is 0 Å². The van der Waals surface area contributed by atoms with Gasteiger partial charge < -0.3 is 5.32 Å². The van der Waals surface area contributed by atoms with Crippen LogP contribution in [-0.2, 0) is 11.3 Å². The lowest BCUT2D eigenvalue weighted by molar-refractivity contribution is -0.108. The number of halogens is 1. The number of aryl methyl sites for hydroxylation is 1. The van der Waals surface area contributed by atoms with Crippen molar-refractivity contribution in [3.8, 4) is 11.5 Å². The second-order valence-electron chi connectivity index (χ2n) is 5.96. The lowest BCUT2D eigenvalue weighted by Crippen LogP contribution is -2.16. The average Bonchev–Trinajstić information content (AvgIpc) is 3.05. The highest BCUT2D eigenvalue weighted by Gasteiger charge is 2.18. The Kier molecular flexibility index (Phi) is 5.36. The minimum atomic E-state index is -0.238. The third kappa shape index (κ3) is 3.77. The molecule has 1 aliphatic rings. The largest absolute Gasteiger partial charge is 0.326 e. The Morgan fingerprint density at radius 2 is 2.19 bits per heavy atom. The Morgan fingerprint density at radius 1 is 1.38 bits per heavy atom. The van der Waals surface area contributed by atoms with Crippen molar-refractivity contribution < 1.29 is 9.18 Å². The van der Waals surface area contributed by atoms with Crippen LogP contribution in [0.2, 0.25) is 0 Å². The fourth-order valence-electron chi connectivity index (χ4n) is 2.76. The van der Waals surface area contributed by atoms with Crippen molar-refractivity contribution in [2.24, 2.45) is 0 Å². The molecule has 0 saturated heterocycles. The van der Waals surface area contributed by atoms with Crippen LogP contribution in [0.3, 0.4) is 0 Å². The summed E-state index contributed by atoms with van der Waals surface area (Å²) in [4.78, 5) is 19.8. The monoisotopic (exact) mass is 353 g/mol. The smallest absolute Gasteiger partial charge is 0.211 e. The quantitative estimate of drug-likeness (QED) is 0.809. The third-order valence-corrected chi connectivity index (χ3v) is 4.07. The van der Waals surface area contributed by atoms with Crippen molar-refractivity contribution in [1.82, 2.24) is 25.1 Å². The average molecular weight is 353 g/mol. The van der Waals surface area contributed by atoms with Crippen LogP contribution >= 0.6 is 0 Å². The van der Waals surface area contributed by atoms with E-state index < -0.39 is 0 Å². The SMILES string of the molecule is C/C=C(\NC=O)c1nc(-c2cc(C)ccn2)nn1CC1=CCCC=C1F. The number of carbonyl (C=O) groups is 1. The van der Waals surface area contributed by atoms with Crippen LogP contribution in [0.4, 0.5) is 4.39 Å². The molecule has 1 aliphatic carbocycles. The van der Waals surface area contributed by atoms with Gasteiger partial charge in [0.05, 0.1) is 12.2 Å². The molecule has 0 aromatic carbocycles. The molecule has 0 fully saturated rings. The molecule has 2 aromatic rings. The highest BCUT2D eigenvalue weighted by molar-refractivity contribution is 5.71. The summed E-state index contributed by atoms with van der Waals surface area (Å²) in [5.41, 5.74) is 2.73. The fourth-order valence-corrected chi connectivity index (χ4v) is 2.76. The molecule has 0 bridgehead atoms. The van der Waals surface area contributed by atoms with Gasteiger partial charge in [-0.1, -0.05) is 12.2 Å². The summed E-state index contributed by atoms with van der Waals surface area (Å²) in [6.07, 6.45) is 8.94. The molecule has 26 heavy (non-hydrogen) atoms. The van der Waals surface area contributed by atoms with Gasteiger partial charge in [-0.3, -0.25) is 9.78 Å². The number of aromatic nitrogens is 4. The first-order valence-electron chi connectivity index (χ1n) is 8.42. The summed E-state index contributed by atoms with van der Waals surface area (Å²) in [6, 6.07) is 3.77. The van der Waals surface area contributed by atoms with Crippen LogP contribution in [0.25, 0.3) is 17.2 Å². The van der Waals surface area contributed by atoms with Crippen molar-refractivity contribution in [1.29, 1.82) is 0 Å². The molecule has 3 rings (SSSR count). The Hall–Kier alpha value is -3.09. The van der Waals surface area contributed by atoms with Crippen LogP contribution in [0.15, 0.2) is 48.0 Å². The van der Waals surface area contributed by atoms with Gasteiger partial charge in [-0.2, -0.15) is 0 Å². The van der Waals surface area contributed by atoms with E-state index in [1.54, 1.807) is 30.0 Å². The van der Waals surface area contributed by atoms with Crippen molar-refractivity contribution in [2.75, 3.05) is 0 Å². The molecule has 0 unspecified atom stereocenters. The number of nitrogens with one attached hydrogen (secondary N) is 1. The standard InChI is InChI=1S/C19H20FN5O/c1-3-16(22-12-26)19-23-18(17-10-13(2)8-9-21-17)24-25(19)11-14-6-4-5-7-15(14)20/h3,6-10,12H,4-5,11H2,1-2H3,(H,22,26)/b16-3-. The summed E-state index contributed by atoms with van der Waals surface area (Å²) in [5.74, 6) is 0.645. The molecular weight excluding hydrogens is 333 g/mol. The zero-order chi connectivity index (χ0) is 18.5. The first-order chi connectivity index (χ1) is 12.6. The van der Waals surface area contributed by atoms with E-state index in [-0.39, 0.29) is 12.4 Å². The first kappa shape index (κ1) is 17.7. The van der Waals surface area contributed by atoms with E-state index in [0.29, 0.717) is 41.4 Å². The normalized spacial score (nSPS) is 14.7. The number of hydrogen-bond acceptors (Lipinski definition) is 4. The Bertz CT molecular complexity index is 910. The minimum Gasteiger partial charge on any atom is -0.326 e. The van der Waals surface area contributed by atoms with Gasteiger partial charge in [0.2, 0.25) is 6.41 Å². The molecule has 7 heteroatoms. The topological polar surface area (TPSA) is 72.7 Å². The number of carbonyl (C=O) groups excluding carboxylic acids is 1. The first-order valence-corrected chi connectivity index (χ1v) is 8.42. The second-order valence-corrected chi connectivity index (χ2v) is 5.96. The lowest BCUT2D eigenvalue weighted by Gasteiger charge is -2.12. The molecule has 2 heterocycles. The number of pyridine rings is 1. The molecule has 0 aliphatic heterocycles. The number of hydrogen-bond donors (Lipinski definition) is 1. The van der Waals surface area contributed by atoms with Crippen LogP contribution in [0, 0.1) is 6.92 Å². The molecular formula is C19H20FN5O. The van der Waals surface area contributed by atoms with Crippen LogP contribution in [-0.4, -0.2) is 26.2 Å². The number of nitrogens with zero attached hydrogens (tertiary/aromatic N) is 4.